The molecular formula is C7H17NOSi. The van der Waals surface area contributed by atoms with Crippen molar-refractivity contribution in [1.29, 1.82) is 0 Å². The second kappa shape index (κ2) is 5.62. The van der Waals surface area contributed by atoms with Crippen LogP contribution in [0.3, 0.4) is 0 Å². The molecular weight excluding hydrogens is 142 g/mol. The summed E-state index contributed by atoms with van der Waals surface area (Å²) in [6.45, 7) is 4.29. The van der Waals surface area contributed by atoms with E-state index in [2.05, 4.69) is 18.8 Å². The maximum atomic E-state index is 9.42. The summed E-state index contributed by atoms with van der Waals surface area (Å²) in [5.74, 6) is 0. The summed E-state index contributed by atoms with van der Waals surface area (Å²) in [5.41, 5.74) is -0.208. The Hall–Kier alpha value is -0.153. The first-order valence-corrected chi connectivity index (χ1v) is 6.16. The molecule has 60 valence electrons. The molecule has 0 aliphatic rings. The van der Waals surface area contributed by atoms with Crippen molar-refractivity contribution in [2.45, 2.75) is 31.7 Å². The van der Waals surface area contributed by atoms with Crippen molar-refractivity contribution in [2.75, 3.05) is 7.05 Å². The molecule has 1 atom stereocenters. The van der Waals surface area contributed by atoms with Crippen LogP contribution in [0.15, 0.2) is 4.99 Å². The lowest BCUT2D eigenvalue weighted by Crippen LogP contribution is -2.30. The molecule has 0 aromatic carbocycles. The Kier molecular flexibility index (Phi) is 5.53. The van der Waals surface area contributed by atoms with Gasteiger partial charge in [0, 0.05) is 13.3 Å². The molecule has 0 aliphatic heterocycles. The summed E-state index contributed by atoms with van der Waals surface area (Å²) in [5, 5.41) is 9.42. The zero-order valence-corrected chi connectivity index (χ0v) is 8.20. The molecule has 0 fully saturated rings. The van der Waals surface area contributed by atoms with Gasteiger partial charge in [0.05, 0.1) is 14.5 Å². The Balaban J connectivity index is 3.75. The zero-order valence-electron chi connectivity index (χ0n) is 7.04. The zero-order chi connectivity index (χ0) is 7.98. The first-order valence-electron chi connectivity index (χ1n) is 3.86. The highest BCUT2D eigenvalue weighted by molar-refractivity contribution is 6.63. The molecule has 0 radical (unpaired) electrons. The van der Waals surface area contributed by atoms with E-state index in [0.717, 1.165) is 12.1 Å². The van der Waals surface area contributed by atoms with Crippen molar-refractivity contribution in [3.8, 4) is 0 Å². The smallest absolute Gasteiger partial charge is 0.0777 e. The van der Waals surface area contributed by atoms with Gasteiger partial charge in [-0.2, -0.15) is 0 Å². The second-order valence-electron chi connectivity index (χ2n) is 2.47. The summed E-state index contributed by atoms with van der Waals surface area (Å²) >= 11 is 0. The van der Waals surface area contributed by atoms with Gasteiger partial charge in [-0.05, 0) is 0 Å². The standard InChI is InChI=1S/C7H17NOSi/c1-4-10(5-2)7(9)6-8-3/h6-7,9-10H,4-5H2,1-3H3. The number of hydrogen-bond acceptors (Lipinski definition) is 2. The molecule has 0 amide bonds. The molecule has 0 bridgehead atoms. The highest BCUT2D eigenvalue weighted by Gasteiger charge is 2.13. The number of aliphatic hydroxyl groups excluding tert-OH is 1. The Morgan fingerprint density at radius 3 is 2.30 bits per heavy atom. The molecule has 1 N–H and O–H groups in total. The molecule has 0 saturated carbocycles. The van der Waals surface area contributed by atoms with Gasteiger partial charge in [-0.1, -0.05) is 25.9 Å². The third-order valence-corrected chi connectivity index (χ3v) is 5.07. The van der Waals surface area contributed by atoms with Gasteiger partial charge in [-0.15, -0.1) is 0 Å². The Labute approximate surface area is 64.6 Å². The van der Waals surface area contributed by atoms with Gasteiger partial charge in [0.15, 0.2) is 0 Å². The van der Waals surface area contributed by atoms with E-state index in [1.807, 2.05) is 0 Å². The maximum absolute atomic E-state index is 9.42. The van der Waals surface area contributed by atoms with E-state index in [1.54, 1.807) is 13.3 Å². The van der Waals surface area contributed by atoms with Crippen LogP contribution >= 0.6 is 0 Å². The van der Waals surface area contributed by atoms with E-state index >= 15 is 0 Å². The number of hydrogen-bond donors (Lipinski definition) is 1. The molecule has 0 spiro atoms. The SMILES string of the molecule is CC[SiH](CC)C(O)C=NC. The first kappa shape index (κ1) is 9.85. The molecule has 2 nitrogen and oxygen atoms in total. The third kappa shape index (κ3) is 3.13. The predicted molar refractivity (Wildman–Crippen MR) is 48.5 cm³/mol. The first-order chi connectivity index (χ1) is 4.76. The van der Waals surface area contributed by atoms with E-state index in [0.29, 0.717) is 0 Å². The van der Waals surface area contributed by atoms with Gasteiger partial charge in [-0.3, -0.25) is 4.99 Å². The fraction of sp³-hybridized carbons (Fsp3) is 0.857. The summed E-state index contributed by atoms with van der Waals surface area (Å²) in [6.07, 6.45) is 1.67. The molecule has 3 heteroatoms. The number of aliphatic hydroxyl groups is 1. The second-order valence-corrected chi connectivity index (χ2v) is 6.31. The average molecular weight is 159 g/mol. The number of rotatable bonds is 4. The fourth-order valence-corrected chi connectivity index (χ4v) is 3.00. The molecule has 0 rings (SSSR count). The Morgan fingerprint density at radius 2 is 2.00 bits per heavy atom. The third-order valence-electron chi connectivity index (χ3n) is 1.83. The van der Waals surface area contributed by atoms with Crippen molar-refractivity contribution in [3.63, 3.8) is 0 Å². The molecule has 0 heterocycles. The van der Waals surface area contributed by atoms with Gasteiger partial charge < -0.3 is 5.11 Å². The van der Waals surface area contributed by atoms with Crippen LogP contribution in [-0.4, -0.2) is 32.9 Å². The summed E-state index contributed by atoms with van der Waals surface area (Å²) < 4.78 is 0. The Bertz CT molecular complexity index is 102. The van der Waals surface area contributed by atoms with Crippen molar-refractivity contribution in [1.82, 2.24) is 0 Å². The summed E-state index contributed by atoms with van der Waals surface area (Å²) in [6, 6.07) is 2.31. The van der Waals surface area contributed by atoms with Crippen LogP contribution < -0.4 is 0 Å². The van der Waals surface area contributed by atoms with Crippen molar-refractivity contribution < 1.29 is 5.11 Å². The monoisotopic (exact) mass is 159 g/mol. The topological polar surface area (TPSA) is 32.6 Å². The number of aliphatic imine (C=N–C) groups is 1. The van der Waals surface area contributed by atoms with E-state index in [4.69, 9.17) is 0 Å². The van der Waals surface area contributed by atoms with Crippen molar-refractivity contribution >= 4 is 15.0 Å². The average Bonchev–Trinajstić information content (AvgIpc) is 1.91. The van der Waals surface area contributed by atoms with E-state index < -0.39 is 8.80 Å². The minimum Gasteiger partial charge on any atom is -0.391 e. The van der Waals surface area contributed by atoms with Crippen LogP contribution in [0.1, 0.15) is 13.8 Å². The van der Waals surface area contributed by atoms with Crippen LogP contribution in [0.5, 0.6) is 0 Å². The van der Waals surface area contributed by atoms with Crippen LogP contribution in [0, 0.1) is 0 Å². The van der Waals surface area contributed by atoms with Crippen molar-refractivity contribution in [3.05, 3.63) is 0 Å². The van der Waals surface area contributed by atoms with E-state index in [9.17, 15) is 5.11 Å². The lowest BCUT2D eigenvalue weighted by Gasteiger charge is -2.13. The maximum Gasteiger partial charge on any atom is 0.0777 e. The molecule has 10 heavy (non-hydrogen) atoms. The van der Waals surface area contributed by atoms with Gasteiger partial charge in [-0.25, -0.2) is 0 Å². The molecule has 1 unspecified atom stereocenters. The highest BCUT2D eigenvalue weighted by Crippen LogP contribution is 2.01. The number of nitrogens with zero attached hydrogens (tertiary/aromatic N) is 1. The fourth-order valence-electron chi connectivity index (χ4n) is 1.05. The lowest BCUT2D eigenvalue weighted by molar-refractivity contribution is 0.314. The minimum atomic E-state index is -0.898. The van der Waals surface area contributed by atoms with Gasteiger partial charge >= 0.3 is 0 Å². The highest BCUT2D eigenvalue weighted by atomic mass is 28.3. The van der Waals surface area contributed by atoms with Gasteiger partial charge in [0.2, 0.25) is 0 Å². The van der Waals surface area contributed by atoms with Gasteiger partial charge in [0.25, 0.3) is 0 Å². The van der Waals surface area contributed by atoms with Crippen LogP contribution in [0.25, 0.3) is 0 Å². The van der Waals surface area contributed by atoms with E-state index in [1.165, 1.54) is 0 Å². The van der Waals surface area contributed by atoms with Crippen LogP contribution in [0.2, 0.25) is 12.1 Å². The van der Waals surface area contributed by atoms with E-state index in [-0.39, 0.29) is 5.73 Å². The lowest BCUT2D eigenvalue weighted by atomic mass is 10.8. The quantitative estimate of drug-likeness (QED) is 0.479. The molecule has 0 aliphatic carbocycles. The molecule has 0 saturated heterocycles. The van der Waals surface area contributed by atoms with Gasteiger partial charge in [0.1, 0.15) is 0 Å². The van der Waals surface area contributed by atoms with Crippen molar-refractivity contribution in [2.24, 2.45) is 4.99 Å². The Morgan fingerprint density at radius 1 is 1.50 bits per heavy atom. The van der Waals surface area contributed by atoms with Crippen LogP contribution in [-0.2, 0) is 0 Å². The normalized spacial score (nSPS) is 14.9. The van der Waals surface area contributed by atoms with Crippen LogP contribution in [0.4, 0.5) is 0 Å². The summed E-state index contributed by atoms with van der Waals surface area (Å²) in [4.78, 5) is 3.81. The molecule has 0 aromatic rings. The molecule has 0 aromatic heterocycles. The predicted octanol–water partition coefficient (Wildman–Crippen LogP) is 0.854. The minimum absolute atomic E-state index is 0.208. The summed E-state index contributed by atoms with van der Waals surface area (Å²) in [7, 11) is 0.811. The largest absolute Gasteiger partial charge is 0.391 e.